The summed E-state index contributed by atoms with van der Waals surface area (Å²) in [6.45, 7) is 2.83. The lowest BCUT2D eigenvalue weighted by Gasteiger charge is -2.38. The smallest absolute Gasteiger partial charge is 0.331 e. The zero-order valence-electron chi connectivity index (χ0n) is 14.9. The molecule has 4 rings (SSSR count). The minimum atomic E-state index is -1.11. The SMILES string of the molecule is Cc1cnc(N2CCC(C(=O)O)(n3ccc(-c4ccco4)n3)CC2)nc1N. The number of aryl methyl sites for hydroxylation is 1. The van der Waals surface area contributed by atoms with Crippen molar-refractivity contribution < 1.29 is 14.3 Å². The number of nitrogens with zero attached hydrogens (tertiary/aromatic N) is 5. The molecular weight excluding hydrogens is 348 g/mol. The minimum absolute atomic E-state index is 0.374. The molecule has 4 heterocycles. The van der Waals surface area contributed by atoms with E-state index in [2.05, 4.69) is 15.1 Å². The fourth-order valence-corrected chi connectivity index (χ4v) is 3.33. The number of nitrogen functional groups attached to an aromatic ring is 1. The third-order valence-electron chi connectivity index (χ3n) is 5.07. The average molecular weight is 368 g/mol. The standard InChI is InChI=1S/C18H20N6O3/c1-12-11-20-17(21-15(12)19)23-8-5-18(6-9-23,16(25)26)24-7-4-13(22-24)14-3-2-10-27-14/h2-4,7,10-11H,5-6,8-9H2,1H3,(H,25,26)(H2,19,20,21). The van der Waals surface area contributed by atoms with Gasteiger partial charge in [0.05, 0.1) is 6.26 Å². The third-order valence-corrected chi connectivity index (χ3v) is 5.07. The summed E-state index contributed by atoms with van der Waals surface area (Å²) in [7, 11) is 0. The number of hydrogen-bond donors (Lipinski definition) is 2. The highest BCUT2D eigenvalue weighted by molar-refractivity contribution is 5.77. The van der Waals surface area contributed by atoms with Crippen LogP contribution in [0.15, 0.2) is 41.3 Å². The summed E-state index contributed by atoms with van der Waals surface area (Å²) >= 11 is 0. The van der Waals surface area contributed by atoms with Crippen molar-refractivity contribution in [1.29, 1.82) is 0 Å². The number of rotatable bonds is 4. The molecule has 1 saturated heterocycles. The number of carboxylic acids is 1. The van der Waals surface area contributed by atoms with E-state index < -0.39 is 11.5 Å². The molecule has 27 heavy (non-hydrogen) atoms. The molecule has 1 aliphatic heterocycles. The molecule has 0 unspecified atom stereocenters. The molecule has 0 spiro atoms. The molecule has 3 N–H and O–H groups in total. The predicted molar refractivity (Wildman–Crippen MR) is 98.2 cm³/mol. The van der Waals surface area contributed by atoms with Gasteiger partial charge < -0.3 is 20.2 Å². The highest BCUT2D eigenvalue weighted by Crippen LogP contribution is 2.33. The molecule has 0 radical (unpaired) electrons. The molecule has 3 aromatic heterocycles. The van der Waals surface area contributed by atoms with Crippen molar-refractivity contribution in [3.8, 4) is 11.5 Å². The van der Waals surface area contributed by atoms with Gasteiger partial charge in [-0.2, -0.15) is 10.1 Å². The van der Waals surface area contributed by atoms with Gasteiger partial charge in [0, 0.05) is 43.9 Å². The fourth-order valence-electron chi connectivity index (χ4n) is 3.33. The van der Waals surface area contributed by atoms with E-state index in [4.69, 9.17) is 10.2 Å². The maximum atomic E-state index is 12.2. The van der Waals surface area contributed by atoms with E-state index in [-0.39, 0.29) is 0 Å². The van der Waals surface area contributed by atoms with Crippen molar-refractivity contribution in [3.05, 3.63) is 42.4 Å². The monoisotopic (exact) mass is 368 g/mol. The molecule has 9 heteroatoms. The second kappa shape index (κ2) is 6.42. The second-order valence-corrected chi connectivity index (χ2v) is 6.68. The fraction of sp³-hybridized carbons (Fsp3) is 0.333. The van der Waals surface area contributed by atoms with Gasteiger partial charge in [-0.25, -0.2) is 9.78 Å². The van der Waals surface area contributed by atoms with E-state index in [1.54, 1.807) is 36.9 Å². The molecular formula is C18H20N6O3. The molecule has 3 aromatic rings. The van der Waals surface area contributed by atoms with Crippen LogP contribution < -0.4 is 10.6 Å². The Labute approximate surface area is 155 Å². The molecule has 0 aromatic carbocycles. The van der Waals surface area contributed by atoms with Crippen molar-refractivity contribution >= 4 is 17.7 Å². The van der Waals surface area contributed by atoms with Crippen LogP contribution >= 0.6 is 0 Å². The van der Waals surface area contributed by atoms with Crippen molar-refractivity contribution in [3.63, 3.8) is 0 Å². The molecule has 9 nitrogen and oxygen atoms in total. The quantitative estimate of drug-likeness (QED) is 0.716. The number of hydrogen-bond acceptors (Lipinski definition) is 7. The number of carbonyl (C=O) groups is 1. The minimum Gasteiger partial charge on any atom is -0.479 e. The Balaban J connectivity index is 1.58. The van der Waals surface area contributed by atoms with Crippen LogP contribution in [-0.2, 0) is 10.3 Å². The van der Waals surface area contributed by atoms with E-state index >= 15 is 0 Å². The van der Waals surface area contributed by atoms with Gasteiger partial charge in [-0.15, -0.1) is 0 Å². The van der Waals surface area contributed by atoms with Crippen LogP contribution in [0.4, 0.5) is 11.8 Å². The first-order valence-electron chi connectivity index (χ1n) is 8.67. The predicted octanol–water partition coefficient (Wildman–Crippen LogP) is 1.90. The summed E-state index contributed by atoms with van der Waals surface area (Å²) in [5.74, 6) is 0.662. The van der Waals surface area contributed by atoms with Gasteiger partial charge in [0.2, 0.25) is 5.95 Å². The van der Waals surface area contributed by atoms with E-state index in [0.717, 1.165) is 5.56 Å². The van der Waals surface area contributed by atoms with Crippen LogP contribution in [0.1, 0.15) is 18.4 Å². The number of carboxylic acid groups (broad SMARTS) is 1. The van der Waals surface area contributed by atoms with E-state index in [0.29, 0.717) is 49.2 Å². The third kappa shape index (κ3) is 2.90. The lowest BCUT2D eigenvalue weighted by molar-refractivity contribution is -0.149. The van der Waals surface area contributed by atoms with Crippen molar-refractivity contribution in [2.24, 2.45) is 0 Å². The van der Waals surface area contributed by atoms with Crippen molar-refractivity contribution in [2.75, 3.05) is 23.7 Å². The zero-order chi connectivity index (χ0) is 19.0. The molecule has 0 amide bonds. The number of nitrogens with two attached hydrogens (primary N) is 1. The van der Waals surface area contributed by atoms with Gasteiger partial charge >= 0.3 is 5.97 Å². The van der Waals surface area contributed by atoms with E-state index in [1.807, 2.05) is 11.8 Å². The van der Waals surface area contributed by atoms with Crippen LogP contribution in [0, 0.1) is 6.92 Å². The molecule has 0 atom stereocenters. The average Bonchev–Trinajstić information content (AvgIpc) is 3.35. The van der Waals surface area contributed by atoms with E-state index in [1.165, 1.54) is 4.68 Å². The Kier molecular flexibility index (Phi) is 4.06. The molecule has 0 bridgehead atoms. The van der Waals surface area contributed by atoms with Gasteiger partial charge in [-0.3, -0.25) is 4.68 Å². The van der Waals surface area contributed by atoms with Gasteiger partial charge in [0.1, 0.15) is 11.5 Å². The van der Waals surface area contributed by atoms with Crippen LogP contribution in [0.2, 0.25) is 0 Å². The number of anilines is 2. The summed E-state index contributed by atoms with van der Waals surface area (Å²) in [5.41, 5.74) is 6.19. The Morgan fingerprint density at radius 2 is 2.11 bits per heavy atom. The van der Waals surface area contributed by atoms with Crippen LogP contribution in [0.5, 0.6) is 0 Å². The number of furan rings is 1. The largest absolute Gasteiger partial charge is 0.479 e. The summed E-state index contributed by atoms with van der Waals surface area (Å²) in [5, 5.41) is 14.4. The van der Waals surface area contributed by atoms with Crippen LogP contribution in [0.3, 0.4) is 0 Å². The first-order chi connectivity index (χ1) is 13.0. The van der Waals surface area contributed by atoms with Gasteiger partial charge in [0.15, 0.2) is 11.3 Å². The van der Waals surface area contributed by atoms with Crippen LogP contribution in [0.25, 0.3) is 11.5 Å². The second-order valence-electron chi connectivity index (χ2n) is 6.68. The maximum Gasteiger partial charge on any atom is 0.331 e. The Morgan fingerprint density at radius 3 is 2.74 bits per heavy atom. The van der Waals surface area contributed by atoms with Crippen molar-refractivity contribution in [2.45, 2.75) is 25.3 Å². The maximum absolute atomic E-state index is 12.2. The Hall–Kier alpha value is -3.36. The lowest BCUT2D eigenvalue weighted by atomic mass is 9.88. The molecule has 0 saturated carbocycles. The van der Waals surface area contributed by atoms with Crippen molar-refractivity contribution in [1.82, 2.24) is 19.7 Å². The molecule has 1 aliphatic rings. The molecule has 140 valence electrons. The van der Waals surface area contributed by atoms with Gasteiger partial charge in [-0.1, -0.05) is 0 Å². The van der Waals surface area contributed by atoms with E-state index in [9.17, 15) is 9.90 Å². The first kappa shape index (κ1) is 17.1. The lowest BCUT2D eigenvalue weighted by Crippen LogP contribution is -2.51. The Bertz CT molecular complexity index is 957. The topological polar surface area (TPSA) is 123 Å². The number of aliphatic carboxylic acids is 1. The highest BCUT2D eigenvalue weighted by Gasteiger charge is 2.44. The van der Waals surface area contributed by atoms with Crippen LogP contribution in [-0.4, -0.2) is 43.9 Å². The summed E-state index contributed by atoms with van der Waals surface area (Å²) in [6, 6.07) is 5.33. The van der Waals surface area contributed by atoms with Gasteiger partial charge in [0.25, 0.3) is 0 Å². The highest BCUT2D eigenvalue weighted by atomic mass is 16.4. The summed E-state index contributed by atoms with van der Waals surface area (Å²) in [4.78, 5) is 22.7. The number of aromatic nitrogens is 4. The first-order valence-corrected chi connectivity index (χ1v) is 8.67. The Morgan fingerprint density at radius 1 is 1.33 bits per heavy atom. The summed E-state index contributed by atoms with van der Waals surface area (Å²) in [6.07, 6.45) is 5.69. The molecule has 1 fully saturated rings. The van der Waals surface area contributed by atoms with Gasteiger partial charge in [-0.05, 0) is 25.1 Å². The number of piperidine rings is 1. The molecule has 0 aliphatic carbocycles. The zero-order valence-corrected chi connectivity index (χ0v) is 14.9. The normalized spacial score (nSPS) is 16.4. The summed E-state index contributed by atoms with van der Waals surface area (Å²) < 4.78 is 6.89.